The van der Waals surface area contributed by atoms with Crippen LogP contribution in [0.5, 0.6) is 5.75 Å². The molecule has 0 spiro atoms. The predicted molar refractivity (Wildman–Crippen MR) is 162 cm³/mol. The number of carbonyl (C=O) groups is 2. The van der Waals surface area contributed by atoms with Crippen LogP contribution < -0.4 is 10.1 Å². The number of benzene rings is 3. The van der Waals surface area contributed by atoms with Crippen molar-refractivity contribution in [1.82, 2.24) is 20.2 Å². The van der Waals surface area contributed by atoms with Crippen molar-refractivity contribution in [2.24, 2.45) is 0 Å². The molecule has 0 radical (unpaired) electrons. The molecule has 1 aromatic heterocycles. The molecule has 2 heterocycles. The van der Waals surface area contributed by atoms with Crippen molar-refractivity contribution in [3.8, 4) is 17.0 Å². The summed E-state index contributed by atoms with van der Waals surface area (Å²) in [7, 11) is 0. The van der Waals surface area contributed by atoms with Gasteiger partial charge in [-0.15, -0.1) is 0 Å². The number of carbonyl (C=O) groups excluding carboxylic acids is 2. The molecule has 3 aromatic carbocycles. The van der Waals surface area contributed by atoms with Crippen LogP contribution in [0.1, 0.15) is 41.9 Å². The van der Waals surface area contributed by atoms with Crippen LogP contribution in [0.25, 0.3) is 11.3 Å². The molecule has 3 atom stereocenters. The van der Waals surface area contributed by atoms with Gasteiger partial charge in [0.15, 0.2) is 0 Å². The highest BCUT2D eigenvalue weighted by molar-refractivity contribution is 14.1. The van der Waals surface area contributed by atoms with Crippen LogP contribution in [0.15, 0.2) is 72.8 Å². The minimum Gasteiger partial charge on any atom is -0.486 e. The van der Waals surface area contributed by atoms with Gasteiger partial charge in [-0.2, -0.15) is 0 Å². The van der Waals surface area contributed by atoms with E-state index in [1.165, 1.54) is 6.07 Å². The number of aliphatic hydroxyl groups excluding tert-OH is 2. The maximum atomic E-state index is 14.9. The normalized spacial score (nSPS) is 16.5. The summed E-state index contributed by atoms with van der Waals surface area (Å²) in [5.41, 5.74) is 1.73. The second kappa shape index (κ2) is 12.8. The number of halogens is 3. The van der Waals surface area contributed by atoms with Crippen molar-refractivity contribution in [1.29, 1.82) is 0 Å². The molecular weight excluding hydrogens is 678 g/mol. The monoisotopic (exact) mass is 704 g/mol. The topological polar surface area (TPSA) is 128 Å². The van der Waals surface area contributed by atoms with Crippen LogP contribution in [-0.4, -0.2) is 56.3 Å². The first-order valence-corrected chi connectivity index (χ1v) is 14.5. The van der Waals surface area contributed by atoms with Crippen molar-refractivity contribution < 1.29 is 28.9 Å². The number of nitrogens with zero attached hydrogens (tertiary/aromatic N) is 2. The lowest BCUT2D eigenvalue weighted by Crippen LogP contribution is -2.38. The Balaban J connectivity index is 1.51. The van der Waals surface area contributed by atoms with E-state index in [0.717, 1.165) is 10.5 Å². The van der Waals surface area contributed by atoms with Crippen LogP contribution >= 0.6 is 34.2 Å². The summed E-state index contributed by atoms with van der Waals surface area (Å²) in [6, 6.07) is 18.0. The molecule has 1 saturated heterocycles. The Bertz CT molecular complexity index is 1580. The Morgan fingerprint density at radius 1 is 1.07 bits per heavy atom. The van der Waals surface area contributed by atoms with E-state index in [1.54, 1.807) is 36.4 Å². The van der Waals surface area contributed by atoms with Crippen molar-refractivity contribution in [3.63, 3.8) is 0 Å². The second-order valence-electron chi connectivity index (χ2n) is 9.82. The number of imide groups is 1. The number of imidazole rings is 1. The highest BCUT2D eigenvalue weighted by Crippen LogP contribution is 2.41. The van der Waals surface area contributed by atoms with E-state index in [9.17, 15) is 24.2 Å². The molecule has 9 nitrogen and oxygen atoms in total. The zero-order chi connectivity index (χ0) is 30.0. The number of aliphatic hydroxyl groups is 2. The Hall–Kier alpha value is -3.52. The molecule has 1 aliphatic heterocycles. The molecule has 218 valence electrons. The molecule has 4 N–H and O–H groups in total. The molecular formula is C30H27ClFIN4O5. The Morgan fingerprint density at radius 3 is 2.40 bits per heavy atom. The van der Waals surface area contributed by atoms with Gasteiger partial charge in [0.05, 0.1) is 13.2 Å². The lowest BCUT2D eigenvalue weighted by molar-refractivity contribution is -0.129. The molecule has 3 amide bonds. The van der Waals surface area contributed by atoms with Gasteiger partial charge in [0.2, 0.25) is 0 Å². The highest BCUT2D eigenvalue weighted by Gasteiger charge is 2.46. The maximum Gasteiger partial charge on any atom is 0.325 e. The fourth-order valence-electron chi connectivity index (χ4n) is 4.94. The van der Waals surface area contributed by atoms with Gasteiger partial charge in [0, 0.05) is 15.1 Å². The number of hydrogen-bond donors (Lipinski definition) is 4. The second-order valence-corrected chi connectivity index (χ2v) is 11.4. The van der Waals surface area contributed by atoms with E-state index in [1.807, 2.05) is 59.8 Å². The third-order valence-electron chi connectivity index (χ3n) is 7.12. The van der Waals surface area contributed by atoms with Crippen LogP contribution in [0.3, 0.4) is 0 Å². The van der Waals surface area contributed by atoms with Gasteiger partial charge in [-0.05, 0) is 64.0 Å². The standard InChI is InChI=1S/C30H27ClFIN4O5/c1-16(17-5-3-2-4-6-17)26(28-34-25(27(31)36-28)22-12-9-19(33)13-23(22)32)37-29(40)24(35-30(37)41)18-7-10-20(11-8-18)42-21(14-38)15-39/h2-13,16,21,24,26,38-39H,14-15H2,1H3,(H,34,36)(H,35,41)/t16-,24+,26-/m0/s1. The molecule has 5 rings (SSSR count). The molecule has 0 bridgehead atoms. The summed E-state index contributed by atoms with van der Waals surface area (Å²) in [5, 5.41) is 21.4. The Morgan fingerprint density at radius 2 is 1.76 bits per heavy atom. The maximum absolute atomic E-state index is 14.9. The number of ether oxygens (including phenoxy) is 1. The molecule has 0 saturated carbocycles. The van der Waals surface area contributed by atoms with E-state index in [2.05, 4.69) is 15.3 Å². The molecule has 12 heteroatoms. The first-order chi connectivity index (χ1) is 20.2. The van der Waals surface area contributed by atoms with Gasteiger partial charge in [0.25, 0.3) is 5.91 Å². The number of nitrogens with one attached hydrogen (secondary N) is 2. The van der Waals surface area contributed by atoms with Gasteiger partial charge >= 0.3 is 6.03 Å². The molecule has 1 fully saturated rings. The lowest BCUT2D eigenvalue weighted by atomic mass is 9.91. The number of amides is 3. The van der Waals surface area contributed by atoms with Crippen molar-refractivity contribution in [3.05, 3.63) is 104 Å². The minimum absolute atomic E-state index is 0.0821. The summed E-state index contributed by atoms with van der Waals surface area (Å²) in [5.74, 6) is -0.797. The van der Waals surface area contributed by atoms with E-state index >= 15 is 0 Å². The molecule has 0 unspecified atom stereocenters. The predicted octanol–water partition coefficient (Wildman–Crippen LogP) is 5.34. The van der Waals surface area contributed by atoms with Gasteiger partial charge in [-0.25, -0.2) is 14.2 Å². The van der Waals surface area contributed by atoms with Gasteiger partial charge in [0.1, 0.15) is 46.4 Å². The van der Waals surface area contributed by atoms with E-state index in [-0.39, 0.29) is 35.4 Å². The van der Waals surface area contributed by atoms with Crippen molar-refractivity contribution in [2.45, 2.75) is 31.0 Å². The van der Waals surface area contributed by atoms with Crippen LogP contribution in [-0.2, 0) is 4.79 Å². The third kappa shape index (κ3) is 6.00. The Kier molecular flexibility index (Phi) is 9.11. The molecule has 4 aromatic rings. The number of aromatic amines is 1. The zero-order valence-electron chi connectivity index (χ0n) is 22.3. The number of hydrogen-bond acceptors (Lipinski definition) is 6. The summed E-state index contributed by atoms with van der Waals surface area (Å²) in [6.07, 6.45) is -0.780. The lowest BCUT2D eigenvalue weighted by Gasteiger charge is -2.29. The van der Waals surface area contributed by atoms with Crippen molar-refractivity contribution in [2.75, 3.05) is 13.2 Å². The minimum atomic E-state index is -0.984. The summed E-state index contributed by atoms with van der Waals surface area (Å²) in [4.78, 5) is 36.1. The summed E-state index contributed by atoms with van der Waals surface area (Å²) < 4.78 is 21.1. The fourth-order valence-corrected chi connectivity index (χ4v) is 5.63. The fraction of sp³-hybridized carbons (Fsp3) is 0.233. The smallest absolute Gasteiger partial charge is 0.325 e. The number of rotatable bonds is 10. The molecule has 42 heavy (non-hydrogen) atoms. The van der Waals surface area contributed by atoms with Crippen LogP contribution in [0.4, 0.5) is 9.18 Å². The van der Waals surface area contributed by atoms with Crippen LogP contribution in [0.2, 0.25) is 5.15 Å². The average molecular weight is 705 g/mol. The average Bonchev–Trinajstić information content (AvgIpc) is 3.51. The zero-order valence-corrected chi connectivity index (χ0v) is 25.2. The summed E-state index contributed by atoms with van der Waals surface area (Å²) in [6.45, 7) is 1.15. The van der Waals surface area contributed by atoms with E-state index < -0.39 is 41.9 Å². The third-order valence-corrected chi connectivity index (χ3v) is 8.06. The van der Waals surface area contributed by atoms with Gasteiger partial charge < -0.3 is 25.3 Å². The number of urea groups is 1. The highest BCUT2D eigenvalue weighted by atomic mass is 127. The first kappa shape index (κ1) is 30.0. The SMILES string of the molecule is C[C@@H](c1ccccc1)[C@@H](c1nc(-c2ccc(I)cc2F)c(Cl)[nH]1)N1C(=O)N[C@H](c2ccc(OC(CO)CO)cc2)C1=O. The van der Waals surface area contributed by atoms with E-state index in [4.69, 9.17) is 16.3 Å². The quantitative estimate of drug-likeness (QED) is 0.130. The van der Waals surface area contributed by atoms with Gasteiger partial charge in [-0.3, -0.25) is 9.69 Å². The number of H-pyrrole nitrogens is 1. The Labute approximate surface area is 259 Å². The van der Waals surface area contributed by atoms with Crippen LogP contribution in [0, 0.1) is 9.39 Å². The van der Waals surface area contributed by atoms with E-state index in [0.29, 0.717) is 14.9 Å². The number of aromatic nitrogens is 2. The summed E-state index contributed by atoms with van der Waals surface area (Å²) >= 11 is 8.54. The molecule has 1 aliphatic rings. The van der Waals surface area contributed by atoms with Gasteiger partial charge in [-0.1, -0.05) is 61.0 Å². The van der Waals surface area contributed by atoms with Crippen molar-refractivity contribution >= 4 is 46.1 Å². The first-order valence-electron chi connectivity index (χ1n) is 13.1. The largest absolute Gasteiger partial charge is 0.486 e. The molecule has 0 aliphatic carbocycles.